The molecule has 1 N–H and O–H groups in total. The number of hydrogen-bond acceptors (Lipinski definition) is 7. The smallest absolute Gasteiger partial charge is 0.246 e. The summed E-state index contributed by atoms with van der Waals surface area (Å²) in [5, 5.41) is 11.0. The van der Waals surface area contributed by atoms with Crippen LogP contribution >= 0.6 is 23.1 Å². The normalized spacial score (nSPS) is 11.3. The Morgan fingerprint density at radius 2 is 1.83 bits per heavy atom. The fourth-order valence-corrected chi connectivity index (χ4v) is 5.18. The third-order valence-corrected chi connectivity index (χ3v) is 7.51. The summed E-state index contributed by atoms with van der Waals surface area (Å²) in [7, 11) is -3.63. The monoisotopic (exact) mass is 462 g/mol. The lowest BCUT2D eigenvalue weighted by atomic mass is 10.1. The third kappa shape index (κ3) is 6.04. The summed E-state index contributed by atoms with van der Waals surface area (Å²) >= 11 is 2.78. The van der Waals surface area contributed by atoms with Crippen LogP contribution < -0.4 is 9.62 Å². The maximum atomic E-state index is 12.5. The molecule has 0 saturated carbocycles. The first kappa shape index (κ1) is 22.3. The molecule has 2 aromatic carbocycles. The van der Waals surface area contributed by atoms with Gasteiger partial charge in [0.25, 0.3) is 0 Å². The van der Waals surface area contributed by atoms with E-state index in [2.05, 4.69) is 15.5 Å². The van der Waals surface area contributed by atoms with Gasteiger partial charge in [-0.1, -0.05) is 59.5 Å². The van der Waals surface area contributed by atoms with Crippen molar-refractivity contribution in [3.05, 3.63) is 65.2 Å². The van der Waals surface area contributed by atoms with Gasteiger partial charge >= 0.3 is 0 Å². The van der Waals surface area contributed by atoms with E-state index in [1.165, 1.54) is 28.7 Å². The van der Waals surface area contributed by atoms with Crippen LogP contribution in [0.25, 0.3) is 0 Å². The van der Waals surface area contributed by atoms with Crippen LogP contribution in [0.3, 0.4) is 0 Å². The Morgan fingerprint density at radius 1 is 1.10 bits per heavy atom. The van der Waals surface area contributed by atoms with Crippen LogP contribution in [-0.4, -0.2) is 37.3 Å². The van der Waals surface area contributed by atoms with E-state index < -0.39 is 15.9 Å². The third-order valence-electron chi connectivity index (χ3n) is 4.32. The van der Waals surface area contributed by atoms with Crippen LogP contribution in [0.5, 0.6) is 0 Å². The molecule has 0 aliphatic carbocycles. The van der Waals surface area contributed by atoms with Gasteiger partial charge in [0.15, 0.2) is 4.34 Å². The van der Waals surface area contributed by atoms with Crippen LogP contribution in [0.2, 0.25) is 0 Å². The minimum atomic E-state index is -3.63. The van der Waals surface area contributed by atoms with Crippen molar-refractivity contribution in [1.82, 2.24) is 10.2 Å². The molecule has 7 nitrogen and oxygen atoms in total. The zero-order valence-corrected chi connectivity index (χ0v) is 19.3. The molecule has 158 valence electrons. The summed E-state index contributed by atoms with van der Waals surface area (Å²) in [6.45, 7) is 3.50. The molecule has 0 atom stereocenters. The van der Waals surface area contributed by atoms with E-state index in [4.69, 9.17) is 0 Å². The predicted molar refractivity (Wildman–Crippen MR) is 123 cm³/mol. The summed E-state index contributed by atoms with van der Waals surface area (Å²) < 4.78 is 26.3. The van der Waals surface area contributed by atoms with E-state index >= 15 is 0 Å². The Hall–Kier alpha value is -2.43. The Morgan fingerprint density at radius 3 is 2.50 bits per heavy atom. The Labute approximate surface area is 184 Å². The Balaban J connectivity index is 1.64. The molecule has 0 aliphatic rings. The molecule has 10 heteroatoms. The maximum Gasteiger partial charge on any atom is 0.246 e. The first-order chi connectivity index (χ1) is 14.2. The number of carbonyl (C=O) groups excluding carboxylic acids is 1. The number of benzene rings is 2. The Bertz CT molecular complexity index is 1130. The molecule has 30 heavy (non-hydrogen) atoms. The number of carbonyl (C=O) groups is 1. The summed E-state index contributed by atoms with van der Waals surface area (Å²) in [4.78, 5) is 12.5. The van der Waals surface area contributed by atoms with Crippen molar-refractivity contribution in [3.8, 4) is 0 Å². The van der Waals surface area contributed by atoms with E-state index in [1.807, 2.05) is 50.2 Å². The summed E-state index contributed by atoms with van der Waals surface area (Å²) in [6, 6.07) is 15.3. The van der Waals surface area contributed by atoms with Gasteiger partial charge in [0.05, 0.1) is 11.9 Å². The van der Waals surface area contributed by atoms with Gasteiger partial charge in [-0.25, -0.2) is 8.42 Å². The Kier molecular flexibility index (Phi) is 7.11. The molecule has 3 rings (SSSR count). The number of rotatable bonds is 8. The van der Waals surface area contributed by atoms with Gasteiger partial charge in [0.2, 0.25) is 21.1 Å². The molecule has 0 radical (unpaired) electrons. The van der Waals surface area contributed by atoms with Gasteiger partial charge < -0.3 is 0 Å². The zero-order valence-electron chi connectivity index (χ0n) is 16.8. The van der Waals surface area contributed by atoms with Crippen molar-refractivity contribution in [1.29, 1.82) is 0 Å². The number of thioether (sulfide) groups is 1. The average molecular weight is 463 g/mol. The molecule has 1 amide bonds. The molecule has 0 unspecified atom stereocenters. The van der Waals surface area contributed by atoms with E-state index in [9.17, 15) is 13.2 Å². The molecule has 1 heterocycles. The van der Waals surface area contributed by atoms with Crippen molar-refractivity contribution in [2.45, 2.75) is 23.9 Å². The average Bonchev–Trinajstić information content (AvgIpc) is 3.14. The molecule has 0 aliphatic heterocycles. The SMILES string of the molecule is Cc1ccc(N(CC(=O)Nc2nnc(SCc3ccccc3)s2)S(C)(=O)=O)cc1C. The van der Waals surface area contributed by atoms with Gasteiger partial charge in [-0.2, -0.15) is 0 Å². The maximum absolute atomic E-state index is 12.5. The van der Waals surface area contributed by atoms with Crippen LogP contribution in [0.15, 0.2) is 52.9 Å². The number of aryl methyl sites for hydroxylation is 2. The highest BCUT2D eigenvalue weighted by molar-refractivity contribution is 8.00. The quantitative estimate of drug-likeness (QED) is 0.404. The standard InChI is InChI=1S/C20H22N4O3S3/c1-14-9-10-17(11-15(14)2)24(30(3,26)27)12-18(25)21-19-22-23-20(29-19)28-13-16-7-5-4-6-8-16/h4-11H,12-13H2,1-3H3,(H,21,22,25). The summed E-state index contributed by atoms with van der Waals surface area (Å²) in [5.41, 5.74) is 3.62. The van der Waals surface area contributed by atoms with Crippen molar-refractivity contribution in [2.24, 2.45) is 0 Å². The molecule has 0 spiro atoms. The number of sulfonamides is 1. The molecular formula is C20H22N4O3S3. The van der Waals surface area contributed by atoms with Gasteiger partial charge in [-0.15, -0.1) is 10.2 Å². The second kappa shape index (κ2) is 9.59. The predicted octanol–water partition coefficient (Wildman–Crippen LogP) is 3.85. The van der Waals surface area contributed by atoms with Gasteiger partial charge in [0, 0.05) is 5.75 Å². The highest BCUT2D eigenvalue weighted by Gasteiger charge is 2.22. The molecular weight excluding hydrogens is 440 g/mol. The summed E-state index contributed by atoms with van der Waals surface area (Å²) in [5.74, 6) is 0.271. The van der Waals surface area contributed by atoms with Crippen molar-refractivity contribution >= 4 is 49.8 Å². The van der Waals surface area contributed by atoms with E-state index in [0.29, 0.717) is 10.8 Å². The van der Waals surface area contributed by atoms with Crippen molar-refractivity contribution < 1.29 is 13.2 Å². The largest absolute Gasteiger partial charge is 0.299 e. The van der Waals surface area contributed by atoms with Gasteiger partial charge in [-0.3, -0.25) is 14.4 Å². The fraction of sp³-hybridized carbons (Fsp3) is 0.250. The number of aromatic nitrogens is 2. The van der Waals surface area contributed by atoms with Crippen molar-refractivity contribution in [3.63, 3.8) is 0 Å². The fourth-order valence-electron chi connectivity index (χ4n) is 2.61. The minimum absolute atomic E-state index is 0.337. The zero-order chi connectivity index (χ0) is 21.7. The number of nitrogens with zero attached hydrogens (tertiary/aromatic N) is 3. The van der Waals surface area contributed by atoms with Gasteiger partial charge in [0.1, 0.15) is 6.54 Å². The molecule has 0 saturated heterocycles. The number of anilines is 2. The first-order valence-electron chi connectivity index (χ1n) is 9.07. The number of nitrogens with one attached hydrogen (secondary N) is 1. The molecule has 0 fully saturated rings. The lowest BCUT2D eigenvalue weighted by Gasteiger charge is -2.22. The van der Waals surface area contributed by atoms with Crippen LogP contribution in [0.4, 0.5) is 10.8 Å². The van der Waals surface area contributed by atoms with E-state index in [1.54, 1.807) is 12.1 Å². The lowest BCUT2D eigenvalue weighted by molar-refractivity contribution is -0.114. The van der Waals surface area contributed by atoms with Crippen molar-refractivity contribution in [2.75, 3.05) is 22.4 Å². The molecule has 0 bridgehead atoms. The van der Waals surface area contributed by atoms with Crippen LogP contribution in [0, 0.1) is 13.8 Å². The second-order valence-electron chi connectivity index (χ2n) is 6.73. The molecule has 1 aromatic heterocycles. The molecule has 3 aromatic rings. The van der Waals surface area contributed by atoms with Gasteiger partial charge in [-0.05, 0) is 42.7 Å². The van der Waals surface area contributed by atoms with E-state index in [-0.39, 0.29) is 6.54 Å². The topological polar surface area (TPSA) is 92.3 Å². The van der Waals surface area contributed by atoms with Crippen LogP contribution in [-0.2, 0) is 20.6 Å². The number of amides is 1. The summed E-state index contributed by atoms with van der Waals surface area (Å²) in [6.07, 6.45) is 1.08. The highest BCUT2D eigenvalue weighted by atomic mass is 32.2. The minimum Gasteiger partial charge on any atom is -0.299 e. The lowest BCUT2D eigenvalue weighted by Crippen LogP contribution is -2.37. The van der Waals surface area contributed by atoms with Crippen LogP contribution in [0.1, 0.15) is 16.7 Å². The highest BCUT2D eigenvalue weighted by Crippen LogP contribution is 2.28. The number of hydrogen-bond donors (Lipinski definition) is 1. The first-order valence-corrected chi connectivity index (χ1v) is 12.7. The second-order valence-corrected chi connectivity index (χ2v) is 10.8. The van der Waals surface area contributed by atoms with E-state index in [0.717, 1.165) is 31.8 Å².